The van der Waals surface area contributed by atoms with Gasteiger partial charge in [0.25, 0.3) is 16.0 Å². The van der Waals surface area contributed by atoms with Crippen molar-refractivity contribution in [1.29, 1.82) is 0 Å². The van der Waals surface area contributed by atoms with Gasteiger partial charge in [-0.3, -0.25) is 14.0 Å². The van der Waals surface area contributed by atoms with Crippen molar-refractivity contribution in [3.8, 4) is 0 Å². The first-order valence-electron chi connectivity index (χ1n) is 5.47. The molecule has 20 heavy (non-hydrogen) atoms. The Labute approximate surface area is 116 Å². The summed E-state index contributed by atoms with van der Waals surface area (Å²) in [6, 6.07) is 3.43. The number of hydrogen-bond acceptors (Lipinski definition) is 7. The van der Waals surface area contributed by atoms with Gasteiger partial charge in [-0.1, -0.05) is 6.07 Å². The van der Waals surface area contributed by atoms with Crippen molar-refractivity contribution in [2.45, 2.75) is 6.04 Å². The highest BCUT2D eigenvalue weighted by molar-refractivity contribution is 7.85. The number of nitrogens with one attached hydrogen (secondary N) is 1. The van der Waals surface area contributed by atoms with E-state index in [-0.39, 0.29) is 5.69 Å². The molecule has 0 saturated heterocycles. The van der Waals surface area contributed by atoms with Crippen LogP contribution in [0.15, 0.2) is 24.4 Å². The minimum absolute atomic E-state index is 0.0840. The van der Waals surface area contributed by atoms with E-state index in [1.165, 1.54) is 12.3 Å². The van der Waals surface area contributed by atoms with E-state index in [0.717, 1.165) is 13.4 Å². The maximum absolute atomic E-state index is 11.8. The molecule has 0 fully saturated rings. The molecular formula is C11H14N2O6S. The van der Waals surface area contributed by atoms with Gasteiger partial charge in [0.2, 0.25) is 0 Å². The largest absolute Gasteiger partial charge is 0.467 e. The number of rotatable bonds is 6. The smallest absolute Gasteiger partial charge is 0.330 e. The number of pyridine rings is 1. The molecule has 0 bridgehead atoms. The Bertz CT molecular complexity index is 572. The molecule has 1 aromatic heterocycles. The number of hydrogen-bond donors (Lipinski definition) is 1. The second-order valence-electron chi connectivity index (χ2n) is 3.75. The van der Waals surface area contributed by atoms with Crippen molar-refractivity contribution in [2.24, 2.45) is 0 Å². The highest BCUT2D eigenvalue weighted by atomic mass is 32.2. The van der Waals surface area contributed by atoms with E-state index >= 15 is 0 Å². The Balaban J connectivity index is 2.75. The third-order valence-electron chi connectivity index (χ3n) is 2.14. The molecule has 1 heterocycles. The Hall–Kier alpha value is -2.00. The van der Waals surface area contributed by atoms with Gasteiger partial charge in [-0.15, -0.1) is 0 Å². The number of amides is 1. The van der Waals surface area contributed by atoms with E-state index in [0.29, 0.717) is 0 Å². The lowest BCUT2D eigenvalue weighted by molar-refractivity contribution is -0.143. The summed E-state index contributed by atoms with van der Waals surface area (Å²) >= 11 is 0. The standard InChI is InChI=1S/C11H14N2O6S/c1-18-11(15)9(7-19-20(2,16)17)13-10(14)8-5-3-4-6-12-8/h3-6,9H,7H2,1-2H3,(H,13,14)/t9-/m0/s1. The fourth-order valence-electron chi connectivity index (χ4n) is 1.23. The molecule has 0 aromatic carbocycles. The van der Waals surface area contributed by atoms with E-state index in [1.54, 1.807) is 12.1 Å². The van der Waals surface area contributed by atoms with Gasteiger partial charge in [-0.2, -0.15) is 8.42 Å². The van der Waals surface area contributed by atoms with Gasteiger partial charge in [-0.25, -0.2) is 4.79 Å². The van der Waals surface area contributed by atoms with Gasteiger partial charge in [0, 0.05) is 6.20 Å². The Kier molecular flexibility index (Phi) is 5.59. The van der Waals surface area contributed by atoms with Crippen molar-refractivity contribution in [1.82, 2.24) is 10.3 Å². The molecule has 1 aromatic rings. The van der Waals surface area contributed by atoms with Gasteiger partial charge in [0.05, 0.1) is 20.0 Å². The molecule has 1 atom stereocenters. The Morgan fingerprint density at radius 3 is 2.60 bits per heavy atom. The summed E-state index contributed by atoms with van der Waals surface area (Å²) < 4.78 is 30.8. The van der Waals surface area contributed by atoms with E-state index in [9.17, 15) is 18.0 Å². The molecule has 110 valence electrons. The van der Waals surface area contributed by atoms with Crippen LogP contribution in [0.4, 0.5) is 0 Å². The number of carbonyl (C=O) groups excluding carboxylic acids is 2. The highest BCUT2D eigenvalue weighted by Crippen LogP contribution is 1.98. The number of esters is 1. The third kappa shape index (κ3) is 5.33. The van der Waals surface area contributed by atoms with E-state index in [4.69, 9.17) is 0 Å². The Morgan fingerprint density at radius 2 is 2.10 bits per heavy atom. The average Bonchev–Trinajstić information content (AvgIpc) is 2.42. The van der Waals surface area contributed by atoms with Crippen molar-refractivity contribution in [3.05, 3.63) is 30.1 Å². The van der Waals surface area contributed by atoms with Gasteiger partial charge in [-0.05, 0) is 12.1 Å². The molecule has 8 nitrogen and oxygen atoms in total. The van der Waals surface area contributed by atoms with Crippen LogP contribution in [0.3, 0.4) is 0 Å². The summed E-state index contributed by atoms with van der Waals surface area (Å²) in [6.45, 7) is -0.552. The van der Waals surface area contributed by atoms with E-state index in [2.05, 4.69) is 19.2 Å². The van der Waals surface area contributed by atoms with Crippen LogP contribution in [-0.4, -0.2) is 51.3 Å². The fraction of sp³-hybridized carbons (Fsp3) is 0.364. The number of carbonyl (C=O) groups is 2. The van der Waals surface area contributed by atoms with Crippen LogP contribution in [0.1, 0.15) is 10.5 Å². The van der Waals surface area contributed by atoms with Crippen LogP contribution in [0.5, 0.6) is 0 Å². The van der Waals surface area contributed by atoms with Crippen LogP contribution >= 0.6 is 0 Å². The topological polar surface area (TPSA) is 112 Å². The summed E-state index contributed by atoms with van der Waals surface area (Å²) in [5.74, 6) is -1.46. The second kappa shape index (κ2) is 6.96. The van der Waals surface area contributed by atoms with Gasteiger partial charge < -0.3 is 10.1 Å². The minimum atomic E-state index is -3.74. The van der Waals surface area contributed by atoms with Crippen molar-refractivity contribution >= 4 is 22.0 Å². The monoisotopic (exact) mass is 302 g/mol. The summed E-state index contributed by atoms with van der Waals surface area (Å²) in [7, 11) is -2.62. The van der Waals surface area contributed by atoms with Gasteiger partial charge in [0.15, 0.2) is 6.04 Å². The predicted molar refractivity (Wildman–Crippen MR) is 68.3 cm³/mol. The van der Waals surface area contributed by atoms with Crippen LogP contribution in [0, 0.1) is 0 Å². The van der Waals surface area contributed by atoms with E-state index < -0.39 is 34.6 Å². The highest BCUT2D eigenvalue weighted by Gasteiger charge is 2.24. The molecule has 0 unspecified atom stereocenters. The zero-order valence-electron chi connectivity index (χ0n) is 10.9. The first-order chi connectivity index (χ1) is 9.33. The SMILES string of the molecule is COC(=O)[C@H](COS(C)(=O)=O)NC(=O)c1ccccn1. The molecule has 1 rings (SSSR count). The average molecular weight is 302 g/mol. The Morgan fingerprint density at radius 1 is 1.40 bits per heavy atom. The molecule has 0 aliphatic carbocycles. The van der Waals surface area contributed by atoms with Crippen LogP contribution in [0.25, 0.3) is 0 Å². The van der Waals surface area contributed by atoms with Crippen molar-refractivity contribution in [2.75, 3.05) is 20.0 Å². The second-order valence-corrected chi connectivity index (χ2v) is 5.40. The van der Waals surface area contributed by atoms with Crippen LogP contribution in [-0.2, 0) is 23.8 Å². The fourth-order valence-corrected chi connectivity index (χ4v) is 1.62. The number of nitrogens with zero attached hydrogens (tertiary/aromatic N) is 1. The van der Waals surface area contributed by atoms with Gasteiger partial charge >= 0.3 is 5.97 Å². The minimum Gasteiger partial charge on any atom is -0.467 e. The lowest BCUT2D eigenvalue weighted by Gasteiger charge is -2.15. The molecule has 0 saturated carbocycles. The number of aromatic nitrogens is 1. The van der Waals surface area contributed by atoms with Crippen LogP contribution in [0.2, 0.25) is 0 Å². The molecule has 0 aliphatic rings. The molecule has 1 amide bonds. The summed E-state index contributed by atoms with van der Waals surface area (Å²) in [4.78, 5) is 27.1. The predicted octanol–water partition coefficient (Wildman–Crippen LogP) is -0.671. The molecule has 0 spiro atoms. The van der Waals surface area contributed by atoms with E-state index in [1.807, 2.05) is 0 Å². The first-order valence-corrected chi connectivity index (χ1v) is 7.29. The van der Waals surface area contributed by atoms with Crippen molar-refractivity contribution in [3.63, 3.8) is 0 Å². The summed E-state index contributed by atoms with van der Waals surface area (Å²) in [5.41, 5.74) is 0.0840. The van der Waals surface area contributed by atoms with Crippen LogP contribution < -0.4 is 5.32 Å². The van der Waals surface area contributed by atoms with Gasteiger partial charge in [0.1, 0.15) is 5.69 Å². The summed E-state index contributed by atoms with van der Waals surface area (Å²) in [6.07, 6.45) is 2.25. The first kappa shape index (κ1) is 16.1. The molecular weight excluding hydrogens is 288 g/mol. The third-order valence-corrected chi connectivity index (χ3v) is 2.70. The zero-order chi connectivity index (χ0) is 15.2. The zero-order valence-corrected chi connectivity index (χ0v) is 11.7. The maximum atomic E-state index is 11.8. The molecule has 0 aliphatic heterocycles. The quantitative estimate of drug-likeness (QED) is 0.548. The normalized spacial score (nSPS) is 12.5. The number of methoxy groups -OCH3 is 1. The van der Waals surface area contributed by atoms with Crippen molar-refractivity contribution < 1.29 is 26.9 Å². The summed E-state index contributed by atoms with van der Waals surface area (Å²) in [5, 5.41) is 2.29. The number of ether oxygens (including phenoxy) is 1. The molecule has 1 N–H and O–H groups in total. The molecule has 9 heteroatoms. The molecule has 0 radical (unpaired) electrons. The lowest BCUT2D eigenvalue weighted by atomic mass is 10.3. The lowest BCUT2D eigenvalue weighted by Crippen LogP contribution is -2.45. The maximum Gasteiger partial charge on any atom is 0.330 e.